The second-order valence-corrected chi connectivity index (χ2v) is 4.68. The summed E-state index contributed by atoms with van der Waals surface area (Å²) in [5.41, 5.74) is 0.882. The lowest BCUT2D eigenvalue weighted by molar-refractivity contribution is 0.966. The molecule has 1 aromatic rings. The fourth-order valence-corrected chi connectivity index (χ4v) is 2.24. The highest BCUT2D eigenvalue weighted by molar-refractivity contribution is 5.76. The molecule has 0 N–H and O–H groups in total. The molecule has 0 radical (unpaired) electrons. The Balaban J connectivity index is 3.98. The van der Waals surface area contributed by atoms with Crippen LogP contribution in [0.15, 0.2) is 12.1 Å². The summed E-state index contributed by atoms with van der Waals surface area (Å²) in [6.07, 6.45) is 0.911. The molecule has 0 amide bonds. The van der Waals surface area contributed by atoms with E-state index < -0.39 is 0 Å². The molecule has 0 fully saturated rings. The second-order valence-electron chi connectivity index (χ2n) is 4.68. The third-order valence-corrected chi connectivity index (χ3v) is 3.33. The standard InChI is InChI=1S/C18H10N6/c19-5-1-3-13-7-18(16(11-23)12-24)14(4-2-6-20)8-17(13)15(9-21)10-22/h7-8H,1-4H2. The first-order chi connectivity index (χ1) is 11.7. The van der Waals surface area contributed by atoms with Crippen LogP contribution in [0.4, 0.5) is 0 Å². The van der Waals surface area contributed by atoms with Crippen LogP contribution in [-0.2, 0) is 12.8 Å². The highest BCUT2D eigenvalue weighted by Gasteiger charge is 2.09. The van der Waals surface area contributed by atoms with Crippen LogP contribution in [-0.4, -0.2) is 0 Å². The topological polar surface area (TPSA) is 143 Å². The van der Waals surface area contributed by atoms with Crippen LogP contribution in [0.3, 0.4) is 0 Å². The molecule has 0 spiro atoms. The predicted molar refractivity (Wildman–Crippen MR) is 82.8 cm³/mol. The molecule has 0 atom stereocenters. The van der Waals surface area contributed by atoms with E-state index in [0.717, 1.165) is 0 Å². The van der Waals surface area contributed by atoms with E-state index >= 15 is 0 Å². The van der Waals surface area contributed by atoms with Gasteiger partial charge in [-0.1, -0.05) is 0 Å². The van der Waals surface area contributed by atoms with Gasteiger partial charge in [0.15, 0.2) is 0 Å². The molecule has 0 aliphatic rings. The summed E-state index contributed by atoms with van der Waals surface area (Å²) in [7, 11) is 0. The molecule has 24 heavy (non-hydrogen) atoms. The molecule has 0 aromatic heterocycles. The number of nitriles is 6. The van der Waals surface area contributed by atoms with Crippen LogP contribution in [0.5, 0.6) is 0 Å². The number of hydrogen-bond donors (Lipinski definition) is 0. The molecule has 0 aliphatic heterocycles. The zero-order valence-electron chi connectivity index (χ0n) is 12.7. The lowest BCUT2D eigenvalue weighted by Crippen LogP contribution is -2.23. The van der Waals surface area contributed by atoms with Crippen LogP contribution in [0.25, 0.3) is 11.1 Å². The first-order valence-electron chi connectivity index (χ1n) is 6.91. The van der Waals surface area contributed by atoms with Crippen LogP contribution in [0.2, 0.25) is 0 Å². The molecule has 1 rings (SSSR count). The molecule has 0 saturated carbocycles. The van der Waals surface area contributed by atoms with Gasteiger partial charge in [0.1, 0.15) is 35.4 Å². The predicted octanol–water partition coefficient (Wildman–Crippen LogP) is 0.995. The average molecular weight is 310 g/mol. The Kier molecular flexibility index (Phi) is 6.75. The van der Waals surface area contributed by atoms with Crippen molar-refractivity contribution >= 4 is 11.1 Å². The Morgan fingerprint density at radius 2 is 0.958 bits per heavy atom. The molecule has 0 bridgehead atoms. The van der Waals surface area contributed by atoms with Gasteiger partial charge in [-0.3, -0.25) is 0 Å². The SMILES string of the molecule is N#CCCc1cc(=C(C#N)C#N)c(CCC#N)cc1=C(C#N)C#N. The summed E-state index contributed by atoms with van der Waals surface area (Å²) >= 11 is 0. The van der Waals surface area contributed by atoms with Gasteiger partial charge in [0.25, 0.3) is 0 Å². The van der Waals surface area contributed by atoms with E-state index in [9.17, 15) is 0 Å². The highest BCUT2D eigenvalue weighted by Crippen LogP contribution is 2.04. The van der Waals surface area contributed by atoms with Crippen molar-refractivity contribution in [3.8, 4) is 36.4 Å². The van der Waals surface area contributed by atoms with E-state index in [1.165, 1.54) is 0 Å². The van der Waals surface area contributed by atoms with Gasteiger partial charge in [0.2, 0.25) is 0 Å². The van der Waals surface area contributed by atoms with Gasteiger partial charge < -0.3 is 0 Å². The Bertz CT molecular complexity index is 903. The lowest BCUT2D eigenvalue weighted by Gasteiger charge is -2.06. The summed E-state index contributed by atoms with van der Waals surface area (Å²) in [6, 6.07) is 14.4. The maximum Gasteiger partial charge on any atom is 0.137 e. The first-order valence-corrected chi connectivity index (χ1v) is 6.91. The molecule has 0 aliphatic carbocycles. The minimum absolute atomic E-state index is 0.108. The van der Waals surface area contributed by atoms with Crippen molar-refractivity contribution in [1.82, 2.24) is 0 Å². The maximum absolute atomic E-state index is 9.13. The first kappa shape index (κ1) is 18.0. The fraction of sp³-hybridized carbons (Fsp3) is 0.222. The van der Waals surface area contributed by atoms with Crippen molar-refractivity contribution in [1.29, 1.82) is 31.6 Å². The second kappa shape index (κ2) is 9.03. The highest BCUT2D eigenvalue weighted by atomic mass is 14.3. The average Bonchev–Trinajstić information content (AvgIpc) is 2.61. The smallest absolute Gasteiger partial charge is 0.137 e. The van der Waals surface area contributed by atoms with Gasteiger partial charge in [0, 0.05) is 23.3 Å². The molecule has 0 heterocycles. The molecular formula is C18H10N6. The number of benzene rings is 1. The summed E-state index contributed by atoms with van der Waals surface area (Å²) in [4.78, 5) is 0. The van der Waals surface area contributed by atoms with E-state index in [2.05, 4.69) is 0 Å². The maximum atomic E-state index is 9.13. The molecule has 0 saturated heterocycles. The number of hydrogen-bond acceptors (Lipinski definition) is 6. The third kappa shape index (κ3) is 3.97. The molecule has 1 aromatic carbocycles. The monoisotopic (exact) mass is 310 g/mol. The summed E-state index contributed by atoms with van der Waals surface area (Å²) in [5.74, 6) is 0. The van der Waals surface area contributed by atoms with Gasteiger partial charge in [0.05, 0.1) is 12.1 Å². The minimum Gasteiger partial charge on any atom is -0.198 e. The third-order valence-electron chi connectivity index (χ3n) is 3.33. The molecule has 0 unspecified atom stereocenters. The van der Waals surface area contributed by atoms with Gasteiger partial charge in [-0.05, 0) is 36.1 Å². The number of nitrogens with zero attached hydrogens (tertiary/aromatic N) is 6. The zero-order chi connectivity index (χ0) is 17.9. The van der Waals surface area contributed by atoms with Crippen molar-refractivity contribution in [3.05, 3.63) is 33.7 Å². The Labute approximate surface area is 139 Å². The van der Waals surface area contributed by atoms with Gasteiger partial charge in [-0.15, -0.1) is 0 Å². The van der Waals surface area contributed by atoms with E-state index in [0.29, 0.717) is 21.6 Å². The Hall–Kier alpha value is -4.10. The van der Waals surface area contributed by atoms with Crippen LogP contribution >= 0.6 is 0 Å². The number of aryl methyl sites for hydroxylation is 2. The van der Waals surface area contributed by atoms with Crippen molar-refractivity contribution in [2.24, 2.45) is 0 Å². The van der Waals surface area contributed by atoms with Crippen molar-refractivity contribution < 1.29 is 0 Å². The van der Waals surface area contributed by atoms with Gasteiger partial charge >= 0.3 is 0 Å². The zero-order valence-corrected chi connectivity index (χ0v) is 12.7. The van der Waals surface area contributed by atoms with Crippen LogP contribution < -0.4 is 10.4 Å². The van der Waals surface area contributed by atoms with Crippen LogP contribution in [0.1, 0.15) is 24.0 Å². The van der Waals surface area contributed by atoms with E-state index in [4.69, 9.17) is 31.6 Å². The summed E-state index contributed by atoms with van der Waals surface area (Å²) in [6.45, 7) is 0. The molecular weight excluding hydrogens is 300 g/mol. The Morgan fingerprint density at radius 1 is 0.625 bits per heavy atom. The minimum atomic E-state index is -0.108. The van der Waals surface area contributed by atoms with Crippen molar-refractivity contribution in [3.63, 3.8) is 0 Å². The van der Waals surface area contributed by atoms with Crippen LogP contribution in [0, 0.1) is 68.0 Å². The largest absolute Gasteiger partial charge is 0.198 e. The normalized spacial score (nSPS) is 8.42. The molecule has 112 valence electrons. The lowest BCUT2D eigenvalue weighted by atomic mass is 9.95. The van der Waals surface area contributed by atoms with Crippen molar-refractivity contribution in [2.75, 3.05) is 0 Å². The summed E-state index contributed by atoms with van der Waals surface area (Å²) in [5, 5.41) is 54.8. The molecule has 6 heteroatoms. The number of rotatable bonds is 4. The van der Waals surface area contributed by atoms with E-state index in [1.54, 1.807) is 12.1 Å². The fourth-order valence-electron chi connectivity index (χ4n) is 2.24. The van der Waals surface area contributed by atoms with E-state index in [-0.39, 0.29) is 36.8 Å². The van der Waals surface area contributed by atoms with Crippen molar-refractivity contribution in [2.45, 2.75) is 25.7 Å². The van der Waals surface area contributed by atoms with Gasteiger partial charge in [-0.25, -0.2) is 0 Å². The van der Waals surface area contributed by atoms with Gasteiger partial charge in [-0.2, -0.15) is 31.6 Å². The quantitative estimate of drug-likeness (QED) is 0.811. The van der Waals surface area contributed by atoms with E-state index in [1.807, 2.05) is 36.4 Å². The summed E-state index contributed by atoms with van der Waals surface area (Å²) < 4.78 is 0. The molecule has 6 nitrogen and oxygen atoms in total. The Morgan fingerprint density at radius 3 is 1.21 bits per heavy atom.